The Balaban J connectivity index is 1.67. The number of aliphatic hydroxyl groups excluding tert-OH is 1. The molecule has 1 unspecified atom stereocenters. The van der Waals surface area contributed by atoms with Gasteiger partial charge < -0.3 is 14.3 Å². The molecular formula is C25H20ClNO5. The summed E-state index contributed by atoms with van der Waals surface area (Å²) in [5, 5.41) is 11.7. The quantitative estimate of drug-likeness (QED) is 0.338. The van der Waals surface area contributed by atoms with E-state index in [1.165, 1.54) is 11.2 Å². The van der Waals surface area contributed by atoms with Crippen LogP contribution in [0.3, 0.4) is 0 Å². The fourth-order valence-corrected chi connectivity index (χ4v) is 4.38. The average molecular weight is 450 g/mol. The first-order valence-electron chi connectivity index (χ1n) is 10.3. The van der Waals surface area contributed by atoms with E-state index in [0.717, 1.165) is 29.7 Å². The number of hydrogen-bond donors (Lipinski definition) is 1. The number of anilines is 1. The Labute approximate surface area is 189 Å². The van der Waals surface area contributed by atoms with Gasteiger partial charge in [0, 0.05) is 16.3 Å². The van der Waals surface area contributed by atoms with E-state index in [1.54, 1.807) is 48.5 Å². The average Bonchev–Trinajstić information content (AvgIpc) is 3.42. The van der Waals surface area contributed by atoms with Crippen molar-refractivity contribution < 1.29 is 23.8 Å². The van der Waals surface area contributed by atoms with E-state index in [9.17, 15) is 14.7 Å². The fourth-order valence-electron chi connectivity index (χ4n) is 4.21. The summed E-state index contributed by atoms with van der Waals surface area (Å²) in [6, 6.07) is 12.8. The van der Waals surface area contributed by atoms with Crippen LogP contribution in [0.2, 0.25) is 5.02 Å². The van der Waals surface area contributed by atoms with Crippen LogP contribution >= 0.6 is 11.6 Å². The van der Waals surface area contributed by atoms with Crippen molar-refractivity contribution in [3.8, 4) is 5.75 Å². The largest absolute Gasteiger partial charge is 0.507 e. The van der Waals surface area contributed by atoms with Crippen molar-refractivity contribution in [1.82, 2.24) is 0 Å². The highest BCUT2D eigenvalue weighted by atomic mass is 35.5. The van der Waals surface area contributed by atoms with Crippen LogP contribution in [0, 0.1) is 6.92 Å². The zero-order valence-electron chi connectivity index (χ0n) is 17.3. The number of amides is 1. The van der Waals surface area contributed by atoms with Crippen molar-refractivity contribution >= 4 is 34.7 Å². The molecule has 1 N–H and O–H groups in total. The lowest BCUT2D eigenvalue weighted by molar-refractivity contribution is -0.132. The standard InChI is InChI=1S/C25H20ClNO5/c1-14-6-8-17(13-18(14)26)27-22(20-5-3-11-32-20)21(24(29)25(27)30)23(28)16-7-9-19-15(12-16)4-2-10-31-19/h3,5-9,11-13,22,28H,2,4,10H2,1H3/b23-21-. The van der Waals surface area contributed by atoms with E-state index in [0.29, 0.717) is 28.6 Å². The van der Waals surface area contributed by atoms with Crippen LogP contribution in [0.15, 0.2) is 64.8 Å². The molecule has 1 aromatic heterocycles. The van der Waals surface area contributed by atoms with E-state index in [-0.39, 0.29) is 11.3 Å². The predicted molar refractivity (Wildman–Crippen MR) is 120 cm³/mol. The number of fused-ring (bicyclic) bond motifs is 1. The van der Waals surface area contributed by atoms with Crippen LogP contribution in [0.4, 0.5) is 5.69 Å². The molecule has 32 heavy (non-hydrogen) atoms. The molecular weight excluding hydrogens is 430 g/mol. The summed E-state index contributed by atoms with van der Waals surface area (Å²) in [6.45, 7) is 2.51. The molecule has 7 heteroatoms. The third-order valence-corrected chi connectivity index (χ3v) is 6.28. The summed E-state index contributed by atoms with van der Waals surface area (Å²) in [6.07, 6.45) is 3.16. The van der Waals surface area contributed by atoms with Gasteiger partial charge in [0.25, 0.3) is 11.7 Å². The van der Waals surface area contributed by atoms with Crippen molar-refractivity contribution in [3.63, 3.8) is 0 Å². The van der Waals surface area contributed by atoms with Gasteiger partial charge in [0.05, 0.1) is 18.4 Å². The number of aliphatic hydroxyl groups is 1. The molecule has 2 aliphatic rings. The molecule has 1 saturated heterocycles. The Morgan fingerprint density at radius 2 is 2.00 bits per heavy atom. The third-order valence-electron chi connectivity index (χ3n) is 5.87. The van der Waals surface area contributed by atoms with Gasteiger partial charge >= 0.3 is 0 Å². The van der Waals surface area contributed by atoms with E-state index in [4.69, 9.17) is 20.8 Å². The topological polar surface area (TPSA) is 80.0 Å². The van der Waals surface area contributed by atoms with E-state index in [1.807, 2.05) is 6.92 Å². The minimum absolute atomic E-state index is 0.0293. The van der Waals surface area contributed by atoms with Gasteiger partial charge in [-0.05, 0) is 73.4 Å². The minimum atomic E-state index is -0.920. The predicted octanol–water partition coefficient (Wildman–Crippen LogP) is 5.19. The highest BCUT2D eigenvalue weighted by Gasteiger charge is 2.48. The molecule has 0 spiro atoms. The molecule has 0 aliphatic carbocycles. The molecule has 3 aromatic rings. The van der Waals surface area contributed by atoms with Crippen LogP contribution in [0.5, 0.6) is 5.75 Å². The number of furan rings is 1. The summed E-state index contributed by atoms with van der Waals surface area (Å²) >= 11 is 6.29. The lowest BCUT2D eigenvalue weighted by Gasteiger charge is -2.24. The fraction of sp³-hybridized carbons (Fsp3) is 0.200. The third kappa shape index (κ3) is 3.28. The van der Waals surface area contributed by atoms with Gasteiger partial charge in [-0.15, -0.1) is 0 Å². The number of rotatable bonds is 3. The second kappa shape index (κ2) is 7.88. The van der Waals surface area contributed by atoms with Gasteiger partial charge in [0.15, 0.2) is 0 Å². The first kappa shape index (κ1) is 20.4. The van der Waals surface area contributed by atoms with Gasteiger partial charge in [-0.3, -0.25) is 14.5 Å². The van der Waals surface area contributed by atoms with Gasteiger partial charge in [0.1, 0.15) is 23.3 Å². The SMILES string of the molecule is Cc1ccc(N2C(=O)C(=O)/C(=C(\O)c3ccc4c(c3)CCCO4)C2c2ccco2)cc1Cl. The lowest BCUT2D eigenvalue weighted by atomic mass is 9.96. The Morgan fingerprint density at radius 3 is 2.75 bits per heavy atom. The second-order valence-corrected chi connectivity index (χ2v) is 8.30. The van der Waals surface area contributed by atoms with E-state index in [2.05, 4.69) is 0 Å². The van der Waals surface area contributed by atoms with E-state index < -0.39 is 17.7 Å². The van der Waals surface area contributed by atoms with Crippen molar-refractivity contribution in [3.05, 3.63) is 87.8 Å². The van der Waals surface area contributed by atoms with Gasteiger partial charge in [-0.2, -0.15) is 0 Å². The summed E-state index contributed by atoms with van der Waals surface area (Å²) in [5.41, 5.74) is 2.67. The zero-order chi connectivity index (χ0) is 22.4. The van der Waals surface area contributed by atoms with Crippen LogP contribution in [0.25, 0.3) is 5.76 Å². The Morgan fingerprint density at radius 1 is 1.16 bits per heavy atom. The summed E-state index contributed by atoms with van der Waals surface area (Å²) < 4.78 is 11.2. The first-order chi connectivity index (χ1) is 15.5. The molecule has 3 heterocycles. The number of aryl methyl sites for hydroxylation is 2. The molecule has 6 nitrogen and oxygen atoms in total. The molecule has 1 atom stereocenters. The molecule has 1 fully saturated rings. The van der Waals surface area contributed by atoms with Gasteiger partial charge in [0.2, 0.25) is 0 Å². The highest BCUT2D eigenvalue weighted by Crippen LogP contribution is 2.43. The van der Waals surface area contributed by atoms with Crippen LogP contribution in [-0.2, 0) is 16.0 Å². The van der Waals surface area contributed by atoms with Crippen molar-refractivity contribution in [2.75, 3.05) is 11.5 Å². The molecule has 2 aromatic carbocycles. The molecule has 2 aliphatic heterocycles. The van der Waals surface area contributed by atoms with Gasteiger partial charge in [-0.25, -0.2) is 0 Å². The molecule has 162 valence electrons. The number of halogens is 1. The van der Waals surface area contributed by atoms with Crippen LogP contribution in [-0.4, -0.2) is 23.4 Å². The maximum atomic E-state index is 13.1. The van der Waals surface area contributed by atoms with Crippen LogP contribution < -0.4 is 9.64 Å². The van der Waals surface area contributed by atoms with Crippen molar-refractivity contribution in [2.24, 2.45) is 0 Å². The van der Waals surface area contributed by atoms with Gasteiger partial charge in [-0.1, -0.05) is 17.7 Å². The summed E-state index contributed by atoms with van der Waals surface area (Å²) in [5.74, 6) is -0.656. The molecule has 0 bridgehead atoms. The number of hydrogen-bond acceptors (Lipinski definition) is 5. The summed E-state index contributed by atoms with van der Waals surface area (Å²) in [4.78, 5) is 27.6. The van der Waals surface area contributed by atoms with E-state index >= 15 is 0 Å². The molecule has 1 amide bonds. The second-order valence-electron chi connectivity index (χ2n) is 7.89. The maximum absolute atomic E-state index is 13.1. The van der Waals surface area contributed by atoms with Crippen LogP contribution in [0.1, 0.15) is 34.9 Å². The maximum Gasteiger partial charge on any atom is 0.300 e. The normalized spacial score (nSPS) is 19.7. The lowest BCUT2D eigenvalue weighted by Crippen LogP contribution is -2.29. The number of nitrogens with zero attached hydrogens (tertiary/aromatic N) is 1. The number of Topliss-reactive ketones (excluding diaryl/α,β-unsaturated/α-hetero) is 1. The Kier molecular flexibility index (Phi) is 5.02. The number of carbonyl (C=O) groups is 2. The number of carbonyl (C=O) groups excluding carboxylic acids is 2. The summed E-state index contributed by atoms with van der Waals surface area (Å²) in [7, 11) is 0. The minimum Gasteiger partial charge on any atom is -0.507 e. The number of benzene rings is 2. The highest BCUT2D eigenvalue weighted by molar-refractivity contribution is 6.51. The Bertz CT molecular complexity index is 1260. The zero-order valence-corrected chi connectivity index (χ0v) is 18.1. The van der Waals surface area contributed by atoms with Crippen molar-refractivity contribution in [1.29, 1.82) is 0 Å². The molecule has 0 radical (unpaired) electrons. The number of ketones is 1. The molecule has 5 rings (SSSR count). The Hall–Kier alpha value is -3.51. The first-order valence-corrected chi connectivity index (χ1v) is 10.7. The van der Waals surface area contributed by atoms with Crippen molar-refractivity contribution in [2.45, 2.75) is 25.8 Å². The number of ether oxygens (including phenoxy) is 1. The smallest absolute Gasteiger partial charge is 0.300 e. The monoisotopic (exact) mass is 449 g/mol. The molecule has 0 saturated carbocycles.